The lowest BCUT2D eigenvalue weighted by Gasteiger charge is -2.38. The van der Waals surface area contributed by atoms with Crippen LogP contribution in [-0.2, 0) is 9.47 Å². The summed E-state index contributed by atoms with van der Waals surface area (Å²) >= 11 is 0. The van der Waals surface area contributed by atoms with Crippen LogP contribution >= 0.6 is 0 Å². The van der Waals surface area contributed by atoms with Gasteiger partial charge in [-0.3, -0.25) is 0 Å². The third-order valence-corrected chi connectivity index (χ3v) is 4.84. The van der Waals surface area contributed by atoms with Crippen LogP contribution in [-0.4, -0.2) is 34.2 Å². The molecule has 6 nitrogen and oxygen atoms in total. The van der Waals surface area contributed by atoms with E-state index in [1.165, 1.54) is 11.1 Å². The molecular weight excluding hydrogens is 292 g/mol. The van der Waals surface area contributed by atoms with Crippen molar-refractivity contribution in [1.82, 2.24) is 9.97 Å². The molecule has 0 aromatic carbocycles. The topological polar surface area (TPSA) is 82.6 Å². The van der Waals surface area contributed by atoms with Crippen molar-refractivity contribution in [3.05, 3.63) is 41.7 Å². The first-order chi connectivity index (χ1) is 11.1. The van der Waals surface area contributed by atoms with Gasteiger partial charge in [0.2, 0.25) is 0 Å². The molecule has 1 saturated heterocycles. The highest BCUT2D eigenvalue weighted by Crippen LogP contribution is 2.45. The maximum Gasteiger partial charge on any atom is 0.283 e. The van der Waals surface area contributed by atoms with Crippen LogP contribution < -0.4 is 5.73 Å². The molecule has 120 valence electrons. The van der Waals surface area contributed by atoms with E-state index >= 15 is 0 Å². The SMILES string of the molecule is CC1C=C2C[C@]3(COC2=C(c2cncnc2)C1)N=C(N)O[C@@H]3C. The van der Waals surface area contributed by atoms with Crippen LogP contribution in [0.2, 0.25) is 0 Å². The molecule has 0 bridgehead atoms. The molecule has 1 fully saturated rings. The van der Waals surface area contributed by atoms with Gasteiger partial charge in [-0.05, 0) is 24.8 Å². The molecule has 23 heavy (non-hydrogen) atoms. The summed E-state index contributed by atoms with van der Waals surface area (Å²) in [4.78, 5) is 12.8. The Balaban J connectivity index is 1.74. The van der Waals surface area contributed by atoms with Crippen molar-refractivity contribution in [2.24, 2.45) is 16.6 Å². The van der Waals surface area contributed by atoms with Gasteiger partial charge in [0.05, 0.1) is 0 Å². The third kappa shape index (κ3) is 2.29. The number of allylic oxidation sites excluding steroid dienone is 3. The van der Waals surface area contributed by atoms with Gasteiger partial charge in [0.25, 0.3) is 6.02 Å². The summed E-state index contributed by atoms with van der Waals surface area (Å²) in [5.41, 5.74) is 8.74. The van der Waals surface area contributed by atoms with Crippen LogP contribution in [0.1, 0.15) is 32.3 Å². The molecule has 4 rings (SSSR count). The number of ether oxygens (including phenoxy) is 2. The van der Waals surface area contributed by atoms with E-state index in [9.17, 15) is 0 Å². The molecule has 2 N–H and O–H groups in total. The summed E-state index contributed by atoms with van der Waals surface area (Å²) in [5.74, 6) is 1.39. The molecule has 0 saturated carbocycles. The number of hydrogen-bond donors (Lipinski definition) is 1. The molecule has 0 amide bonds. The maximum absolute atomic E-state index is 6.17. The Bertz CT molecular complexity index is 725. The normalized spacial score (nSPS) is 32.8. The van der Waals surface area contributed by atoms with Crippen molar-refractivity contribution in [3.63, 3.8) is 0 Å². The molecule has 3 aliphatic rings. The van der Waals surface area contributed by atoms with Crippen molar-refractivity contribution in [2.75, 3.05) is 6.61 Å². The molecule has 1 unspecified atom stereocenters. The van der Waals surface area contributed by atoms with Crippen LogP contribution in [0.5, 0.6) is 0 Å². The lowest BCUT2D eigenvalue weighted by atomic mass is 9.78. The lowest BCUT2D eigenvalue weighted by Crippen LogP contribution is -2.44. The Labute approximate surface area is 135 Å². The predicted octanol–water partition coefficient (Wildman–Crippen LogP) is 2.05. The van der Waals surface area contributed by atoms with Gasteiger partial charge in [0.15, 0.2) is 0 Å². The Morgan fingerprint density at radius 1 is 1.26 bits per heavy atom. The Morgan fingerprint density at radius 3 is 2.74 bits per heavy atom. The zero-order chi connectivity index (χ0) is 16.0. The summed E-state index contributed by atoms with van der Waals surface area (Å²) in [5, 5.41) is 0. The van der Waals surface area contributed by atoms with Crippen molar-refractivity contribution >= 4 is 11.6 Å². The van der Waals surface area contributed by atoms with Crippen LogP contribution in [0.4, 0.5) is 0 Å². The molecule has 0 radical (unpaired) electrons. The van der Waals surface area contributed by atoms with Crippen LogP contribution in [0, 0.1) is 5.92 Å². The van der Waals surface area contributed by atoms with Crippen molar-refractivity contribution in [1.29, 1.82) is 0 Å². The summed E-state index contributed by atoms with van der Waals surface area (Å²) in [6.45, 7) is 4.69. The average molecular weight is 312 g/mol. The quantitative estimate of drug-likeness (QED) is 0.858. The van der Waals surface area contributed by atoms with Gasteiger partial charge in [0, 0.05) is 30.0 Å². The standard InChI is InChI=1S/C17H20N4O2/c1-10-3-12-5-17(11(2)23-16(18)21-17)8-22-15(12)14(4-10)13-6-19-9-20-7-13/h3,6-7,9-11H,4-5,8H2,1-2H3,(H2,18,21)/t10?,11-,17-/m1/s1. The first-order valence-electron chi connectivity index (χ1n) is 7.92. The summed E-state index contributed by atoms with van der Waals surface area (Å²) in [7, 11) is 0. The fourth-order valence-corrected chi connectivity index (χ4v) is 3.65. The van der Waals surface area contributed by atoms with E-state index in [0.717, 1.165) is 24.2 Å². The molecule has 1 spiro atoms. The number of hydrogen-bond acceptors (Lipinski definition) is 6. The van der Waals surface area contributed by atoms with E-state index in [1.807, 2.05) is 19.3 Å². The van der Waals surface area contributed by atoms with E-state index < -0.39 is 5.54 Å². The van der Waals surface area contributed by atoms with Gasteiger partial charge in [-0.25, -0.2) is 15.0 Å². The van der Waals surface area contributed by atoms with Gasteiger partial charge < -0.3 is 15.2 Å². The summed E-state index contributed by atoms with van der Waals surface area (Å²) < 4.78 is 11.7. The summed E-state index contributed by atoms with van der Waals surface area (Å²) in [6, 6.07) is 0.259. The van der Waals surface area contributed by atoms with Gasteiger partial charge >= 0.3 is 0 Å². The number of rotatable bonds is 1. The number of nitrogens with two attached hydrogens (primary N) is 1. The minimum atomic E-state index is -0.408. The molecule has 2 aliphatic heterocycles. The largest absolute Gasteiger partial charge is 0.490 e. The molecule has 1 aromatic rings. The zero-order valence-electron chi connectivity index (χ0n) is 13.3. The van der Waals surface area contributed by atoms with Crippen molar-refractivity contribution in [3.8, 4) is 0 Å². The molecule has 3 heterocycles. The highest BCUT2D eigenvalue weighted by molar-refractivity contribution is 5.75. The van der Waals surface area contributed by atoms with E-state index in [-0.39, 0.29) is 12.1 Å². The van der Waals surface area contributed by atoms with Crippen LogP contribution in [0.15, 0.2) is 41.1 Å². The first kappa shape index (κ1) is 14.2. The van der Waals surface area contributed by atoms with E-state index in [2.05, 4.69) is 28.0 Å². The van der Waals surface area contributed by atoms with E-state index in [0.29, 0.717) is 12.5 Å². The minimum absolute atomic E-state index is 0.0781. The predicted molar refractivity (Wildman–Crippen MR) is 86.3 cm³/mol. The van der Waals surface area contributed by atoms with E-state index in [1.54, 1.807) is 6.33 Å². The monoisotopic (exact) mass is 312 g/mol. The van der Waals surface area contributed by atoms with E-state index in [4.69, 9.17) is 15.2 Å². The summed E-state index contributed by atoms with van der Waals surface area (Å²) in [6.07, 6.45) is 9.14. The maximum atomic E-state index is 6.17. The second kappa shape index (κ2) is 5.08. The second-order valence-electron chi connectivity index (χ2n) is 6.59. The lowest BCUT2D eigenvalue weighted by molar-refractivity contribution is 0.0579. The van der Waals surface area contributed by atoms with Crippen molar-refractivity contribution in [2.45, 2.75) is 38.3 Å². The highest BCUT2D eigenvalue weighted by Gasteiger charge is 2.48. The number of fused-ring (bicyclic) bond motifs is 1. The Kier molecular flexibility index (Phi) is 3.14. The molecule has 3 atom stereocenters. The molecule has 6 heteroatoms. The Hall–Kier alpha value is -2.37. The third-order valence-electron chi connectivity index (χ3n) is 4.84. The van der Waals surface area contributed by atoms with Crippen LogP contribution in [0.3, 0.4) is 0 Å². The fraction of sp³-hybridized carbons (Fsp3) is 0.471. The number of aromatic nitrogens is 2. The molecular formula is C17H20N4O2. The molecule has 1 aliphatic carbocycles. The van der Waals surface area contributed by atoms with Gasteiger partial charge in [0.1, 0.15) is 30.3 Å². The Morgan fingerprint density at radius 2 is 2.04 bits per heavy atom. The fourth-order valence-electron chi connectivity index (χ4n) is 3.65. The molecule has 1 aromatic heterocycles. The first-order valence-corrected chi connectivity index (χ1v) is 7.92. The highest BCUT2D eigenvalue weighted by atomic mass is 16.5. The minimum Gasteiger partial charge on any atom is -0.490 e. The van der Waals surface area contributed by atoms with Crippen LogP contribution in [0.25, 0.3) is 5.57 Å². The van der Waals surface area contributed by atoms with Gasteiger partial charge in [-0.2, -0.15) is 0 Å². The average Bonchev–Trinajstić information content (AvgIpc) is 2.80. The van der Waals surface area contributed by atoms with Gasteiger partial charge in [-0.1, -0.05) is 13.0 Å². The number of amidine groups is 1. The second-order valence-corrected chi connectivity index (χ2v) is 6.59. The van der Waals surface area contributed by atoms with Crippen molar-refractivity contribution < 1.29 is 9.47 Å². The zero-order valence-corrected chi connectivity index (χ0v) is 13.3. The van der Waals surface area contributed by atoms with Gasteiger partial charge in [-0.15, -0.1) is 0 Å². The number of aliphatic imine (C=N–C) groups is 1. The smallest absolute Gasteiger partial charge is 0.283 e. The number of nitrogens with zero attached hydrogens (tertiary/aromatic N) is 3.